The first kappa shape index (κ1) is 16.3. The molecule has 0 aliphatic heterocycles. The van der Waals surface area contributed by atoms with Gasteiger partial charge in [0.2, 0.25) is 0 Å². The summed E-state index contributed by atoms with van der Waals surface area (Å²) in [5, 5.41) is 0. The van der Waals surface area contributed by atoms with E-state index in [4.69, 9.17) is 10.5 Å². The molecule has 0 spiro atoms. The highest BCUT2D eigenvalue weighted by Gasteiger charge is 2.33. The summed E-state index contributed by atoms with van der Waals surface area (Å²) in [6.45, 7) is 8.20. The topological polar surface area (TPSA) is 38.5 Å². The van der Waals surface area contributed by atoms with Gasteiger partial charge in [0.05, 0.1) is 6.10 Å². The van der Waals surface area contributed by atoms with Gasteiger partial charge in [0.15, 0.2) is 0 Å². The van der Waals surface area contributed by atoms with Crippen molar-refractivity contribution in [2.45, 2.75) is 64.6 Å². The van der Waals surface area contributed by atoms with Crippen molar-refractivity contribution in [2.75, 3.05) is 13.1 Å². The molecular formula is C18H30N2O. The molecule has 3 nitrogen and oxygen atoms in total. The van der Waals surface area contributed by atoms with Crippen LogP contribution in [0.1, 0.15) is 58.1 Å². The highest BCUT2D eigenvalue weighted by molar-refractivity contribution is 5.30. The third-order valence-corrected chi connectivity index (χ3v) is 4.05. The Morgan fingerprint density at radius 2 is 1.90 bits per heavy atom. The Balaban J connectivity index is 2.07. The Morgan fingerprint density at radius 3 is 2.38 bits per heavy atom. The van der Waals surface area contributed by atoms with E-state index in [1.807, 2.05) is 0 Å². The summed E-state index contributed by atoms with van der Waals surface area (Å²) >= 11 is 0. The molecule has 1 fully saturated rings. The fourth-order valence-corrected chi connectivity index (χ4v) is 2.84. The number of ether oxygens (including phenoxy) is 1. The number of hydrogen-bond acceptors (Lipinski definition) is 3. The van der Waals surface area contributed by atoms with Crippen LogP contribution in [0.2, 0.25) is 0 Å². The molecule has 1 aliphatic rings. The molecule has 2 rings (SSSR count). The lowest BCUT2D eigenvalue weighted by Crippen LogP contribution is -2.36. The minimum Gasteiger partial charge on any atom is -0.491 e. The van der Waals surface area contributed by atoms with Gasteiger partial charge in [-0.05, 0) is 57.4 Å². The van der Waals surface area contributed by atoms with Crippen LogP contribution >= 0.6 is 0 Å². The van der Waals surface area contributed by atoms with Gasteiger partial charge >= 0.3 is 0 Å². The fourth-order valence-electron chi connectivity index (χ4n) is 2.84. The van der Waals surface area contributed by atoms with Crippen LogP contribution < -0.4 is 10.5 Å². The van der Waals surface area contributed by atoms with Crippen molar-refractivity contribution in [1.82, 2.24) is 4.90 Å². The highest BCUT2D eigenvalue weighted by Crippen LogP contribution is 2.34. The maximum atomic E-state index is 6.09. The maximum Gasteiger partial charge on any atom is 0.119 e. The number of nitrogens with two attached hydrogens (primary N) is 1. The van der Waals surface area contributed by atoms with E-state index in [1.54, 1.807) is 0 Å². The second-order valence-corrected chi connectivity index (χ2v) is 6.31. The molecule has 1 unspecified atom stereocenters. The van der Waals surface area contributed by atoms with E-state index in [9.17, 15) is 0 Å². The van der Waals surface area contributed by atoms with Crippen LogP contribution in [0.5, 0.6) is 5.75 Å². The zero-order valence-corrected chi connectivity index (χ0v) is 13.7. The molecule has 3 heteroatoms. The largest absolute Gasteiger partial charge is 0.491 e. The molecule has 1 aliphatic carbocycles. The van der Waals surface area contributed by atoms with Gasteiger partial charge in [-0.15, -0.1) is 0 Å². The van der Waals surface area contributed by atoms with Crippen LogP contribution in [0.15, 0.2) is 24.3 Å². The Labute approximate surface area is 129 Å². The Bertz CT molecular complexity index is 412. The first-order valence-corrected chi connectivity index (χ1v) is 8.38. The lowest BCUT2D eigenvalue weighted by molar-refractivity contribution is 0.188. The third kappa shape index (κ3) is 4.72. The quantitative estimate of drug-likeness (QED) is 0.753. The normalized spacial score (nSPS) is 16.5. The SMILES string of the molecule is CCCCN(C1CC1)C(CN)c1ccc(OC(C)C)cc1. The summed E-state index contributed by atoms with van der Waals surface area (Å²) in [6.07, 6.45) is 5.36. The van der Waals surface area contributed by atoms with Gasteiger partial charge in [0, 0.05) is 18.6 Å². The van der Waals surface area contributed by atoms with Gasteiger partial charge < -0.3 is 10.5 Å². The van der Waals surface area contributed by atoms with Crippen molar-refractivity contribution in [3.05, 3.63) is 29.8 Å². The second-order valence-electron chi connectivity index (χ2n) is 6.31. The predicted molar refractivity (Wildman–Crippen MR) is 88.6 cm³/mol. The summed E-state index contributed by atoms with van der Waals surface area (Å²) in [5.74, 6) is 0.941. The van der Waals surface area contributed by atoms with E-state index in [0.717, 1.165) is 18.3 Å². The molecule has 1 aromatic carbocycles. The summed E-state index contributed by atoms with van der Waals surface area (Å²) in [4.78, 5) is 2.61. The van der Waals surface area contributed by atoms with Crippen LogP contribution in [0.25, 0.3) is 0 Å². The van der Waals surface area contributed by atoms with E-state index in [-0.39, 0.29) is 6.10 Å². The predicted octanol–water partition coefficient (Wildman–Crippen LogP) is 3.74. The Morgan fingerprint density at radius 1 is 1.24 bits per heavy atom. The van der Waals surface area contributed by atoms with Crippen LogP contribution in [0, 0.1) is 0 Å². The molecule has 2 N–H and O–H groups in total. The highest BCUT2D eigenvalue weighted by atomic mass is 16.5. The number of nitrogens with zero attached hydrogens (tertiary/aromatic N) is 1. The molecular weight excluding hydrogens is 260 g/mol. The monoisotopic (exact) mass is 290 g/mol. The van der Waals surface area contributed by atoms with E-state index in [2.05, 4.69) is 49.9 Å². The molecule has 0 bridgehead atoms. The summed E-state index contributed by atoms with van der Waals surface area (Å²) in [6, 6.07) is 9.59. The van der Waals surface area contributed by atoms with Crippen molar-refractivity contribution in [3.63, 3.8) is 0 Å². The van der Waals surface area contributed by atoms with Crippen LogP contribution in [0.4, 0.5) is 0 Å². The molecule has 0 aromatic heterocycles. The standard InChI is InChI=1S/C18H30N2O/c1-4-5-12-20(16-8-9-16)18(13-19)15-6-10-17(11-7-15)21-14(2)3/h6-7,10-11,14,16,18H,4-5,8-9,12-13,19H2,1-3H3. The molecule has 1 saturated carbocycles. The lowest BCUT2D eigenvalue weighted by atomic mass is 10.0. The van der Waals surface area contributed by atoms with Crippen LogP contribution in [-0.2, 0) is 0 Å². The van der Waals surface area contributed by atoms with E-state index < -0.39 is 0 Å². The molecule has 1 atom stereocenters. The molecule has 0 saturated heterocycles. The summed E-state index contributed by atoms with van der Waals surface area (Å²) in [5.41, 5.74) is 7.41. The maximum absolute atomic E-state index is 6.09. The third-order valence-electron chi connectivity index (χ3n) is 4.05. The van der Waals surface area contributed by atoms with Crippen LogP contribution in [0.3, 0.4) is 0 Å². The van der Waals surface area contributed by atoms with E-state index in [1.165, 1.54) is 31.2 Å². The number of rotatable bonds is 9. The summed E-state index contributed by atoms with van der Waals surface area (Å²) < 4.78 is 5.72. The van der Waals surface area contributed by atoms with Gasteiger partial charge in [-0.2, -0.15) is 0 Å². The smallest absolute Gasteiger partial charge is 0.119 e. The zero-order valence-electron chi connectivity index (χ0n) is 13.7. The average molecular weight is 290 g/mol. The number of benzene rings is 1. The molecule has 21 heavy (non-hydrogen) atoms. The van der Waals surface area contributed by atoms with Crippen molar-refractivity contribution in [1.29, 1.82) is 0 Å². The van der Waals surface area contributed by atoms with Gasteiger partial charge in [-0.1, -0.05) is 25.5 Å². The van der Waals surface area contributed by atoms with Gasteiger partial charge in [0.1, 0.15) is 5.75 Å². The molecule has 118 valence electrons. The average Bonchev–Trinajstić information content (AvgIpc) is 3.28. The number of unbranched alkanes of at least 4 members (excludes halogenated alkanes) is 1. The van der Waals surface area contributed by atoms with E-state index in [0.29, 0.717) is 12.6 Å². The Hall–Kier alpha value is -1.06. The minimum atomic E-state index is 0.216. The molecule has 0 amide bonds. The van der Waals surface area contributed by atoms with Crippen molar-refractivity contribution in [2.24, 2.45) is 5.73 Å². The molecule has 0 radical (unpaired) electrons. The minimum absolute atomic E-state index is 0.216. The van der Waals surface area contributed by atoms with Crippen LogP contribution in [-0.4, -0.2) is 30.1 Å². The van der Waals surface area contributed by atoms with Crippen molar-refractivity contribution >= 4 is 0 Å². The van der Waals surface area contributed by atoms with Crippen molar-refractivity contribution in [3.8, 4) is 5.75 Å². The molecule has 1 aromatic rings. The zero-order chi connectivity index (χ0) is 15.2. The van der Waals surface area contributed by atoms with Gasteiger partial charge in [-0.25, -0.2) is 0 Å². The fraction of sp³-hybridized carbons (Fsp3) is 0.667. The van der Waals surface area contributed by atoms with Crippen molar-refractivity contribution < 1.29 is 4.74 Å². The van der Waals surface area contributed by atoms with E-state index >= 15 is 0 Å². The van der Waals surface area contributed by atoms with Gasteiger partial charge in [0.25, 0.3) is 0 Å². The lowest BCUT2D eigenvalue weighted by Gasteiger charge is -2.31. The second kappa shape index (κ2) is 7.81. The first-order chi connectivity index (χ1) is 10.2. The Kier molecular flexibility index (Phi) is 6.07. The summed E-state index contributed by atoms with van der Waals surface area (Å²) in [7, 11) is 0. The first-order valence-electron chi connectivity index (χ1n) is 8.38. The number of hydrogen-bond donors (Lipinski definition) is 1. The molecule has 0 heterocycles. The van der Waals surface area contributed by atoms with Gasteiger partial charge in [-0.3, -0.25) is 4.90 Å².